The number of likely N-dealkylation sites (tertiary alicyclic amines) is 1. The van der Waals surface area contributed by atoms with E-state index in [-0.39, 0.29) is 42.4 Å². The largest absolute Gasteiger partial charge is 0.466 e. The van der Waals surface area contributed by atoms with Crippen molar-refractivity contribution in [2.24, 2.45) is 11.8 Å². The van der Waals surface area contributed by atoms with Gasteiger partial charge in [0.2, 0.25) is 11.8 Å². The van der Waals surface area contributed by atoms with Gasteiger partial charge in [0, 0.05) is 30.6 Å². The number of nitrogens with zero attached hydrogens (tertiary/aromatic N) is 2. The van der Waals surface area contributed by atoms with Gasteiger partial charge in [0.05, 0.1) is 24.5 Å². The molecule has 0 aromatic heterocycles. The van der Waals surface area contributed by atoms with Gasteiger partial charge >= 0.3 is 5.97 Å². The maximum Gasteiger partial charge on any atom is 0.312 e. The van der Waals surface area contributed by atoms with Crippen molar-refractivity contribution >= 4 is 33.7 Å². The SMILES string of the molecule is C=CCN(C(=O)[C@H]1N(CCCO)C(=O)[C@@H]2[C@@H](C(=O)OCC)[C@@H]3O[C@@]21CC3Br)C(C)C. The standard InChI is InChI=1S/C21H31BrN2O6/c1-5-8-23(12(3)4)19(27)17-21-11-13(22)16(30-21)14(20(28)29-6-2)15(21)18(26)24(17)9-7-10-25/h5,12-17,25H,1,6-11H2,2-4H3/t13?,14-,15+,16-,17-,21+/m1/s1. The Hall–Kier alpha value is -1.45. The van der Waals surface area contributed by atoms with E-state index in [4.69, 9.17) is 9.47 Å². The van der Waals surface area contributed by atoms with Crippen LogP contribution in [0.3, 0.4) is 0 Å². The summed E-state index contributed by atoms with van der Waals surface area (Å²) in [6, 6.07) is -0.951. The molecule has 0 radical (unpaired) electrons. The number of hydrogen-bond acceptors (Lipinski definition) is 6. The molecule has 1 N–H and O–H groups in total. The molecule has 0 saturated carbocycles. The summed E-state index contributed by atoms with van der Waals surface area (Å²) in [5.41, 5.74) is -1.09. The van der Waals surface area contributed by atoms with E-state index < -0.39 is 35.6 Å². The molecule has 3 heterocycles. The van der Waals surface area contributed by atoms with Gasteiger partial charge in [-0.15, -0.1) is 6.58 Å². The fraction of sp³-hybridized carbons (Fsp3) is 0.762. The first-order valence-corrected chi connectivity index (χ1v) is 11.5. The predicted octanol–water partition coefficient (Wildman–Crippen LogP) is 1.10. The lowest BCUT2D eigenvalue weighted by molar-refractivity contribution is -0.155. The van der Waals surface area contributed by atoms with E-state index in [0.29, 0.717) is 19.4 Å². The fourth-order valence-electron chi connectivity index (χ4n) is 5.25. The van der Waals surface area contributed by atoms with Gasteiger partial charge in [-0.05, 0) is 33.6 Å². The first-order chi connectivity index (χ1) is 14.2. The van der Waals surface area contributed by atoms with Gasteiger partial charge in [-0.1, -0.05) is 22.0 Å². The van der Waals surface area contributed by atoms with Gasteiger partial charge in [-0.2, -0.15) is 0 Å². The molecule has 9 heteroatoms. The summed E-state index contributed by atoms with van der Waals surface area (Å²) in [6.07, 6.45) is 1.94. The molecule has 168 valence electrons. The number of rotatable bonds is 9. The molecule has 30 heavy (non-hydrogen) atoms. The average molecular weight is 487 g/mol. The van der Waals surface area contributed by atoms with E-state index in [9.17, 15) is 19.5 Å². The minimum absolute atomic E-state index is 0.0973. The second-order valence-corrected chi connectivity index (χ2v) is 9.57. The molecular formula is C21H31BrN2O6. The highest BCUT2D eigenvalue weighted by Crippen LogP contribution is 2.60. The Morgan fingerprint density at radius 1 is 1.50 bits per heavy atom. The highest BCUT2D eigenvalue weighted by atomic mass is 79.9. The number of fused-ring (bicyclic) bond motifs is 1. The lowest BCUT2D eigenvalue weighted by Gasteiger charge is -2.38. The molecule has 8 nitrogen and oxygen atoms in total. The molecule has 0 aromatic carbocycles. The van der Waals surface area contributed by atoms with Crippen LogP contribution in [-0.2, 0) is 23.9 Å². The molecule has 1 spiro atoms. The van der Waals surface area contributed by atoms with E-state index in [1.54, 1.807) is 17.9 Å². The predicted molar refractivity (Wildman–Crippen MR) is 113 cm³/mol. The molecule has 3 aliphatic heterocycles. The Morgan fingerprint density at radius 2 is 2.20 bits per heavy atom. The summed E-state index contributed by atoms with van der Waals surface area (Å²) in [7, 11) is 0. The van der Waals surface area contributed by atoms with Crippen LogP contribution in [0, 0.1) is 11.8 Å². The molecule has 2 amide bonds. The quantitative estimate of drug-likeness (QED) is 0.297. The van der Waals surface area contributed by atoms with E-state index in [0.717, 1.165) is 0 Å². The highest BCUT2D eigenvalue weighted by Gasteiger charge is 2.77. The summed E-state index contributed by atoms with van der Waals surface area (Å²) in [5.74, 6) is -2.47. The maximum absolute atomic E-state index is 13.7. The molecule has 3 rings (SSSR count). The average Bonchev–Trinajstić information content (AvgIpc) is 3.27. The van der Waals surface area contributed by atoms with Crippen LogP contribution in [0.5, 0.6) is 0 Å². The van der Waals surface area contributed by atoms with E-state index in [1.807, 2.05) is 13.8 Å². The molecule has 2 bridgehead atoms. The lowest BCUT2D eigenvalue weighted by atomic mass is 9.70. The zero-order valence-electron chi connectivity index (χ0n) is 17.8. The molecule has 0 aliphatic carbocycles. The molecule has 3 fully saturated rings. The number of hydrogen-bond donors (Lipinski definition) is 1. The molecule has 3 saturated heterocycles. The summed E-state index contributed by atoms with van der Waals surface area (Å²) in [4.78, 5) is 43.0. The summed E-state index contributed by atoms with van der Waals surface area (Å²) >= 11 is 3.61. The number of amides is 2. The number of carbonyl (C=O) groups is 3. The minimum atomic E-state index is -1.09. The van der Waals surface area contributed by atoms with Gasteiger partial charge in [-0.3, -0.25) is 14.4 Å². The summed E-state index contributed by atoms with van der Waals surface area (Å²) in [6.45, 7) is 9.96. The van der Waals surface area contributed by atoms with Crippen LogP contribution in [0.15, 0.2) is 12.7 Å². The second-order valence-electron chi connectivity index (χ2n) is 8.40. The smallest absolute Gasteiger partial charge is 0.312 e. The van der Waals surface area contributed by atoms with Crippen molar-refractivity contribution in [3.05, 3.63) is 12.7 Å². The van der Waals surface area contributed by atoms with Gasteiger partial charge < -0.3 is 24.4 Å². The van der Waals surface area contributed by atoms with E-state index in [1.165, 1.54) is 4.90 Å². The second kappa shape index (κ2) is 8.96. The number of aliphatic hydroxyl groups is 1. The Morgan fingerprint density at radius 3 is 2.77 bits per heavy atom. The van der Waals surface area contributed by atoms with Crippen molar-refractivity contribution in [2.45, 2.75) is 62.2 Å². The fourth-order valence-corrected chi connectivity index (χ4v) is 6.19. The first kappa shape index (κ1) is 23.2. The van der Waals surface area contributed by atoms with Crippen molar-refractivity contribution in [2.75, 3.05) is 26.3 Å². The molecule has 6 atom stereocenters. The zero-order valence-corrected chi connectivity index (χ0v) is 19.3. The van der Waals surface area contributed by atoms with Crippen molar-refractivity contribution < 1.29 is 29.0 Å². The van der Waals surface area contributed by atoms with Crippen LogP contribution in [0.1, 0.15) is 33.6 Å². The highest BCUT2D eigenvalue weighted by molar-refractivity contribution is 9.09. The topological polar surface area (TPSA) is 96.4 Å². The number of carbonyl (C=O) groups excluding carboxylic acids is 3. The minimum Gasteiger partial charge on any atom is -0.466 e. The molecule has 1 unspecified atom stereocenters. The third-order valence-corrected chi connectivity index (χ3v) is 7.22. The van der Waals surface area contributed by atoms with Crippen LogP contribution in [0.4, 0.5) is 0 Å². The zero-order chi connectivity index (χ0) is 22.2. The van der Waals surface area contributed by atoms with Crippen molar-refractivity contribution in [3.8, 4) is 0 Å². The lowest BCUT2D eigenvalue weighted by Crippen LogP contribution is -2.58. The third kappa shape index (κ3) is 3.48. The van der Waals surface area contributed by atoms with Crippen LogP contribution in [-0.4, -0.2) is 87.6 Å². The third-order valence-electron chi connectivity index (χ3n) is 6.37. The van der Waals surface area contributed by atoms with Crippen LogP contribution >= 0.6 is 15.9 Å². The number of esters is 1. The van der Waals surface area contributed by atoms with Gasteiger partial charge in [0.15, 0.2) is 0 Å². The maximum atomic E-state index is 13.7. The normalized spacial score (nSPS) is 34.4. The Kier molecular flexibility index (Phi) is 6.94. The van der Waals surface area contributed by atoms with Crippen LogP contribution in [0.25, 0.3) is 0 Å². The van der Waals surface area contributed by atoms with Crippen molar-refractivity contribution in [1.82, 2.24) is 9.80 Å². The molecule has 3 aliphatic rings. The van der Waals surface area contributed by atoms with Crippen molar-refractivity contribution in [1.29, 1.82) is 0 Å². The first-order valence-electron chi connectivity index (χ1n) is 10.6. The number of ether oxygens (including phenoxy) is 2. The van der Waals surface area contributed by atoms with E-state index in [2.05, 4.69) is 22.5 Å². The van der Waals surface area contributed by atoms with Crippen LogP contribution in [0.2, 0.25) is 0 Å². The van der Waals surface area contributed by atoms with Crippen molar-refractivity contribution in [3.63, 3.8) is 0 Å². The van der Waals surface area contributed by atoms with Gasteiger partial charge in [-0.25, -0.2) is 0 Å². The number of alkyl halides is 1. The van der Waals surface area contributed by atoms with E-state index >= 15 is 0 Å². The molecular weight excluding hydrogens is 456 g/mol. The Balaban J connectivity index is 2.05. The Labute approximate surface area is 185 Å². The molecule has 0 aromatic rings. The van der Waals surface area contributed by atoms with Gasteiger partial charge in [0.1, 0.15) is 11.6 Å². The number of aliphatic hydroxyl groups excluding tert-OH is 1. The Bertz CT molecular complexity index is 716. The summed E-state index contributed by atoms with van der Waals surface area (Å²) in [5, 5.41) is 9.34. The van der Waals surface area contributed by atoms with Crippen LogP contribution < -0.4 is 0 Å². The number of halogens is 1. The monoisotopic (exact) mass is 486 g/mol. The van der Waals surface area contributed by atoms with Gasteiger partial charge in [0.25, 0.3) is 0 Å². The summed E-state index contributed by atoms with van der Waals surface area (Å²) < 4.78 is 11.6.